The predicted molar refractivity (Wildman–Crippen MR) is 77.4 cm³/mol. The molecule has 1 fully saturated rings. The van der Waals surface area contributed by atoms with Crippen LogP contribution >= 0.6 is 0 Å². The number of nitrogens with one attached hydrogen (secondary N) is 1. The van der Waals surface area contributed by atoms with Crippen LogP contribution in [0, 0.1) is 0 Å². The maximum atomic E-state index is 5.92. The fraction of sp³-hybridized carbons (Fsp3) is 0.667. The molecule has 106 valence electrons. The minimum absolute atomic E-state index is 0.689. The lowest BCUT2D eigenvalue weighted by Gasteiger charge is -2.19. The van der Waals surface area contributed by atoms with Crippen LogP contribution in [0.5, 0.6) is 5.75 Å². The van der Waals surface area contributed by atoms with Crippen molar-refractivity contribution in [2.75, 3.05) is 26.7 Å². The third kappa shape index (κ3) is 4.18. The first-order valence-electron chi connectivity index (χ1n) is 7.28. The van der Waals surface area contributed by atoms with Crippen LogP contribution in [0.15, 0.2) is 18.5 Å². The maximum absolute atomic E-state index is 5.92. The Bertz CT molecular complexity index is 383. The molecule has 1 N–H and O–H groups in total. The lowest BCUT2D eigenvalue weighted by atomic mass is 10.1. The van der Waals surface area contributed by atoms with Gasteiger partial charge in [0.1, 0.15) is 5.75 Å². The number of aromatic nitrogens is 1. The van der Waals surface area contributed by atoms with E-state index in [2.05, 4.69) is 29.2 Å². The zero-order chi connectivity index (χ0) is 13.5. The van der Waals surface area contributed by atoms with Crippen LogP contribution in [0.3, 0.4) is 0 Å². The Balaban J connectivity index is 1.81. The molecule has 1 aromatic heterocycles. The van der Waals surface area contributed by atoms with Gasteiger partial charge in [0.2, 0.25) is 0 Å². The summed E-state index contributed by atoms with van der Waals surface area (Å²) in [6.07, 6.45) is 7.37. The van der Waals surface area contributed by atoms with Gasteiger partial charge in [-0.3, -0.25) is 4.98 Å². The molecule has 0 aliphatic carbocycles. The van der Waals surface area contributed by atoms with E-state index in [1.54, 1.807) is 0 Å². The normalized spacial score (nSPS) is 19.8. The van der Waals surface area contributed by atoms with Crippen molar-refractivity contribution in [2.24, 2.45) is 0 Å². The van der Waals surface area contributed by atoms with Crippen molar-refractivity contribution in [1.82, 2.24) is 15.2 Å². The summed E-state index contributed by atoms with van der Waals surface area (Å²) in [5.41, 5.74) is 1.19. The first-order valence-corrected chi connectivity index (χ1v) is 7.28. The minimum Gasteiger partial charge on any atom is -0.492 e. The highest BCUT2D eigenvalue weighted by Gasteiger charge is 2.20. The average molecular weight is 263 g/mol. The zero-order valence-corrected chi connectivity index (χ0v) is 12.1. The Kier molecular flexibility index (Phi) is 5.61. The van der Waals surface area contributed by atoms with Crippen molar-refractivity contribution in [2.45, 2.75) is 38.8 Å². The Morgan fingerprint density at radius 2 is 2.42 bits per heavy atom. The molecule has 1 aliphatic heterocycles. The molecule has 1 aromatic rings. The minimum atomic E-state index is 0.689. The van der Waals surface area contributed by atoms with Gasteiger partial charge in [-0.25, -0.2) is 0 Å². The quantitative estimate of drug-likeness (QED) is 0.817. The number of likely N-dealkylation sites (tertiary alicyclic amines) is 1. The molecule has 0 radical (unpaired) electrons. The first kappa shape index (κ1) is 14.3. The van der Waals surface area contributed by atoms with E-state index in [9.17, 15) is 0 Å². The van der Waals surface area contributed by atoms with Crippen LogP contribution in [0.25, 0.3) is 0 Å². The van der Waals surface area contributed by atoms with E-state index in [1.807, 2.05) is 18.5 Å². The SMILES string of the molecule is CCNCc1ccncc1OCCC1CCCN1C. The molecule has 4 heteroatoms. The van der Waals surface area contributed by atoms with E-state index in [0.29, 0.717) is 6.04 Å². The largest absolute Gasteiger partial charge is 0.492 e. The highest BCUT2D eigenvalue weighted by atomic mass is 16.5. The number of hydrogen-bond acceptors (Lipinski definition) is 4. The molecule has 0 bridgehead atoms. The van der Waals surface area contributed by atoms with Gasteiger partial charge >= 0.3 is 0 Å². The van der Waals surface area contributed by atoms with Crippen molar-refractivity contribution in [1.29, 1.82) is 0 Å². The first-order chi connectivity index (χ1) is 9.31. The van der Waals surface area contributed by atoms with Gasteiger partial charge in [0, 0.05) is 24.3 Å². The van der Waals surface area contributed by atoms with Crippen LogP contribution in [0.1, 0.15) is 31.7 Å². The molecule has 4 nitrogen and oxygen atoms in total. The van der Waals surface area contributed by atoms with Crippen molar-refractivity contribution in [3.05, 3.63) is 24.0 Å². The van der Waals surface area contributed by atoms with E-state index in [4.69, 9.17) is 4.74 Å². The Hall–Kier alpha value is -1.13. The summed E-state index contributed by atoms with van der Waals surface area (Å²) in [6.45, 7) is 5.92. The van der Waals surface area contributed by atoms with Gasteiger partial charge in [0.15, 0.2) is 0 Å². The topological polar surface area (TPSA) is 37.4 Å². The van der Waals surface area contributed by atoms with E-state index in [-0.39, 0.29) is 0 Å². The molecule has 1 saturated heterocycles. The summed E-state index contributed by atoms with van der Waals surface area (Å²) in [7, 11) is 2.21. The molecule has 2 heterocycles. The second-order valence-electron chi connectivity index (χ2n) is 5.18. The molecule has 2 rings (SSSR count). The van der Waals surface area contributed by atoms with Gasteiger partial charge in [-0.05, 0) is 45.5 Å². The monoisotopic (exact) mass is 263 g/mol. The van der Waals surface area contributed by atoms with Gasteiger partial charge in [0.05, 0.1) is 12.8 Å². The van der Waals surface area contributed by atoms with Gasteiger partial charge in [-0.2, -0.15) is 0 Å². The number of ether oxygens (including phenoxy) is 1. The fourth-order valence-corrected chi connectivity index (χ4v) is 2.59. The van der Waals surface area contributed by atoms with E-state index < -0.39 is 0 Å². The smallest absolute Gasteiger partial charge is 0.142 e. The lowest BCUT2D eigenvalue weighted by Crippen LogP contribution is -2.26. The van der Waals surface area contributed by atoms with Gasteiger partial charge < -0.3 is 15.0 Å². The molecule has 0 amide bonds. The summed E-state index contributed by atoms with van der Waals surface area (Å²) in [5.74, 6) is 0.920. The second kappa shape index (κ2) is 7.46. The fourth-order valence-electron chi connectivity index (χ4n) is 2.59. The predicted octanol–water partition coefficient (Wildman–Crippen LogP) is 2.05. The van der Waals surface area contributed by atoms with Crippen LogP contribution in [-0.4, -0.2) is 42.7 Å². The molecular weight excluding hydrogens is 238 g/mol. The summed E-state index contributed by atoms with van der Waals surface area (Å²) in [4.78, 5) is 6.59. The van der Waals surface area contributed by atoms with Crippen molar-refractivity contribution in [3.63, 3.8) is 0 Å². The maximum Gasteiger partial charge on any atom is 0.142 e. The molecule has 1 aliphatic rings. The van der Waals surface area contributed by atoms with Crippen molar-refractivity contribution in [3.8, 4) is 5.75 Å². The van der Waals surface area contributed by atoms with Gasteiger partial charge in [0.25, 0.3) is 0 Å². The molecule has 19 heavy (non-hydrogen) atoms. The van der Waals surface area contributed by atoms with Crippen LogP contribution in [-0.2, 0) is 6.54 Å². The number of nitrogens with zero attached hydrogens (tertiary/aromatic N) is 2. The number of hydrogen-bond donors (Lipinski definition) is 1. The summed E-state index contributed by atoms with van der Waals surface area (Å²) >= 11 is 0. The van der Waals surface area contributed by atoms with Gasteiger partial charge in [-0.1, -0.05) is 6.92 Å². The second-order valence-corrected chi connectivity index (χ2v) is 5.18. The van der Waals surface area contributed by atoms with Crippen molar-refractivity contribution < 1.29 is 4.74 Å². The summed E-state index contributed by atoms with van der Waals surface area (Å²) in [6, 6.07) is 2.72. The van der Waals surface area contributed by atoms with E-state index >= 15 is 0 Å². The highest BCUT2D eigenvalue weighted by molar-refractivity contribution is 5.29. The molecule has 0 aromatic carbocycles. The average Bonchev–Trinajstić information content (AvgIpc) is 2.83. The molecular formula is C15H25N3O. The zero-order valence-electron chi connectivity index (χ0n) is 12.1. The summed E-state index contributed by atoms with van der Waals surface area (Å²) < 4.78 is 5.92. The molecule has 0 spiro atoms. The number of pyridine rings is 1. The molecule has 1 unspecified atom stereocenters. The summed E-state index contributed by atoms with van der Waals surface area (Å²) in [5, 5.41) is 3.33. The van der Waals surface area contributed by atoms with Crippen LogP contribution in [0.2, 0.25) is 0 Å². The van der Waals surface area contributed by atoms with Gasteiger partial charge in [-0.15, -0.1) is 0 Å². The number of rotatable bonds is 7. The Morgan fingerprint density at radius 1 is 1.53 bits per heavy atom. The van der Waals surface area contributed by atoms with E-state index in [1.165, 1.54) is 24.9 Å². The molecule has 1 atom stereocenters. The third-order valence-corrected chi connectivity index (χ3v) is 3.82. The van der Waals surface area contributed by atoms with Crippen molar-refractivity contribution >= 4 is 0 Å². The van der Waals surface area contributed by atoms with E-state index in [0.717, 1.165) is 31.9 Å². The van der Waals surface area contributed by atoms with Crippen LogP contribution in [0.4, 0.5) is 0 Å². The molecule has 0 saturated carbocycles. The van der Waals surface area contributed by atoms with Crippen LogP contribution < -0.4 is 10.1 Å². The Labute approximate surface area is 116 Å². The lowest BCUT2D eigenvalue weighted by molar-refractivity contribution is 0.231. The third-order valence-electron chi connectivity index (χ3n) is 3.82. The highest BCUT2D eigenvalue weighted by Crippen LogP contribution is 2.20. The standard InChI is InChI=1S/C15H25N3O/c1-3-16-11-13-6-8-17-12-15(13)19-10-7-14-5-4-9-18(14)2/h6,8,12,14,16H,3-5,7,9-11H2,1-2H3. The Morgan fingerprint density at radius 3 is 3.16 bits per heavy atom.